The van der Waals surface area contributed by atoms with Crippen LogP contribution in [-0.2, 0) is 14.3 Å². The van der Waals surface area contributed by atoms with Gasteiger partial charge in [-0.2, -0.15) is 0 Å². The maximum Gasteiger partial charge on any atom is 0.416 e. The summed E-state index contributed by atoms with van der Waals surface area (Å²) in [6.07, 6.45) is -0.751. The number of cyclic esters (lactones) is 1. The zero-order chi connectivity index (χ0) is 20.4. The van der Waals surface area contributed by atoms with E-state index in [1.54, 1.807) is 36.4 Å². The Morgan fingerprint density at radius 2 is 1.90 bits per heavy atom. The Labute approximate surface area is 164 Å². The summed E-state index contributed by atoms with van der Waals surface area (Å²) in [5.41, 5.74) is 1.86. The lowest BCUT2D eigenvalue weighted by molar-refractivity contribution is -0.131. The number of aromatic nitrogens is 1. The molecule has 8 heteroatoms. The van der Waals surface area contributed by atoms with Gasteiger partial charge in [0.05, 0.1) is 23.3 Å². The Morgan fingerprint density at radius 3 is 2.62 bits per heavy atom. The Kier molecular flexibility index (Phi) is 4.90. The molecule has 4 rings (SSSR count). The van der Waals surface area contributed by atoms with Crippen LogP contribution in [0.5, 0.6) is 0 Å². The predicted octanol–water partition coefficient (Wildman–Crippen LogP) is 3.18. The van der Waals surface area contributed by atoms with Crippen molar-refractivity contribution in [3.8, 4) is 11.3 Å². The van der Waals surface area contributed by atoms with E-state index in [9.17, 15) is 18.8 Å². The van der Waals surface area contributed by atoms with Gasteiger partial charge >= 0.3 is 12.1 Å². The molecular weight excluding hydrogens is 379 g/mol. The minimum atomic E-state index is -0.751. The molecule has 0 N–H and O–H groups in total. The number of fused-ring (bicyclic) bond motifs is 1. The average Bonchev–Trinajstić information content (AvgIpc) is 3.17. The van der Waals surface area contributed by atoms with Crippen LogP contribution >= 0.6 is 0 Å². The predicted molar refractivity (Wildman–Crippen MR) is 100 cm³/mol. The number of benzene rings is 2. The number of carbonyl (C=O) groups excluding carboxylic acids is 3. The summed E-state index contributed by atoms with van der Waals surface area (Å²) in [4.78, 5) is 41.6. The fourth-order valence-corrected chi connectivity index (χ4v) is 3.02. The van der Waals surface area contributed by atoms with Gasteiger partial charge in [0.1, 0.15) is 12.4 Å². The van der Waals surface area contributed by atoms with Crippen molar-refractivity contribution in [3.63, 3.8) is 0 Å². The Bertz CT molecular complexity index is 1110. The van der Waals surface area contributed by atoms with Crippen molar-refractivity contribution in [2.45, 2.75) is 0 Å². The number of carbonyl (C=O) groups is 3. The van der Waals surface area contributed by atoms with Crippen LogP contribution in [0, 0.1) is 5.82 Å². The van der Waals surface area contributed by atoms with E-state index in [2.05, 4.69) is 4.98 Å². The molecule has 2 heterocycles. The zero-order valence-corrected chi connectivity index (χ0v) is 15.1. The van der Waals surface area contributed by atoms with Crippen molar-refractivity contribution in [2.75, 3.05) is 19.8 Å². The second-order valence-corrected chi connectivity index (χ2v) is 6.31. The standard InChI is InChI=1S/C21H15FN2O5/c22-14-7-5-13(6-8-14)18-11-16(15-3-1-2-4-17(15)23-18)20(26)29-12-19(25)24-9-10-28-21(24)27/h1-8,11H,9-10,12H2. The highest BCUT2D eigenvalue weighted by atomic mass is 19.1. The van der Waals surface area contributed by atoms with Gasteiger partial charge in [-0.25, -0.2) is 23.9 Å². The quantitative estimate of drug-likeness (QED) is 0.632. The van der Waals surface area contributed by atoms with E-state index in [4.69, 9.17) is 9.47 Å². The molecule has 0 radical (unpaired) electrons. The van der Waals surface area contributed by atoms with Gasteiger partial charge < -0.3 is 9.47 Å². The van der Waals surface area contributed by atoms with Gasteiger partial charge in [0, 0.05) is 10.9 Å². The molecule has 146 valence electrons. The first kappa shape index (κ1) is 18.5. The zero-order valence-electron chi connectivity index (χ0n) is 15.1. The van der Waals surface area contributed by atoms with Crippen molar-refractivity contribution < 1.29 is 28.2 Å². The molecule has 0 bridgehead atoms. The molecule has 1 aliphatic rings. The number of ether oxygens (including phenoxy) is 2. The number of nitrogens with zero attached hydrogens (tertiary/aromatic N) is 2. The molecular formula is C21H15FN2O5. The summed E-state index contributed by atoms with van der Waals surface area (Å²) in [5, 5.41) is 0.552. The number of halogens is 1. The summed E-state index contributed by atoms with van der Waals surface area (Å²) in [7, 11) is 0. The van der Waals surface area contributed by atoms with Gasteiger partial charge in [0.2, 0.25) is 0 Å². The highest BCUT2D eigenvalue weighted by Gasteiger charge is 2.29. The van der Waals surface area contributed by atoms with Gasteiger partial charge in [-0.1, -0.05) is 18.2 Å². The summed E-state index contributed by atoms with van der Waals surface area (Å²) in [6.45, 7) is -0.340. The molecule has 0 unspecified atom stereocenters. The van der Waals surface area contributed by atoms with Crippen LogP contribution < -0.4 is 0 Å². The molecule has 0 spiro atoms. The van der Waals surface area contributed by atoms with Crippen LogP contribution in [0.2, 0.25) is 0 Å². The molecule has 0 aliphatic carbocycles. The molecule has 1 saturated heterocycles. The van der Waals surface area contributed by atoms with Crippen LogP contribution in [-0.4, -0.2) is 47.6 Å². The summed E-state index contributed by atoms with van der Waals surface area (Å²) < 4.78 is 23.1. The molecule has 1 aliphatic heterocycles. The van der Waals surface area contributed by atoms with E-state index in [0.717, 1.165) is 4.90 Å². The van der Waals surface area contributed by atoms with Crippen molar-refractivity contribution in [2.24, 2.45) is 0 Å². The van der Waals surface area contributed by atoms with E-state index in [-0.39, 0.29) is 24.5 Å². The Hall–Kier alpha value is -3.81. The first-order chi connectivity index (χ1) is 14.0. The fourth-order valence-electron chi connectivity index (χ4n) is 3.02. The third-order valence-corrected chi connectivity index (χ3v) is 4.46. The number of para-hydroxylation sites is 1. The number of esters is 1. The smallest absolute Gasteiger partial charge is 0.416 e. The first-order valence-corrected chi connectivity index (χ1v) is 8.83. The number of rotatable bonds is 4. The van der Waals surface area contributed by atoms with E-state index in [1.165, 1.54) is 18.2 Å². The number of imide groups is 1. The lowest BCUT2D eigenvalue weighted by Gasteiger charge is -2.12. The van der Waals surface area contributed by atoms with E-state index >= 15 is 0 Å². The summed E-state index contributed by atoms with van der Waals surface area (Å²) in [6, 6.07) is 14.2. The van der Waals surface area contributed by atoms with Crippen LogP contribution in [0.25, 0.3) is 22.2 Å². The van der Waals surface area contributed by atoms with Crippen LogP contribution in [0.3, 0.4) is 0 Å². The van der Waals surface area contributed by atoms with E-state index in [1.807, 2.05) is 0 Å². The third kappa shape index (κ3) is 3.77. The monoisotopic (exact) mass is 394 g/mol. The first-order valence-electron chi connectivity index (χ1n) is 8.83. The minimum Gasteiger partial charge on any atom is -0.452 e. The van der Waals surface area contributed by atoms with Crippen LogP contribution in [0.1, 0.15) is 10.4 Å². The van der Waals surface area contributed by atoms with Crippen LogP contribution in [0.4, 0.5) is 9.18 Å². The largest absolute Gasteiger partial charge is 0.452 e. The van der Waals surface area contributed by atoms with Crippen molar-refractivity contribution in [1.82, 2.24) is 9.88 Å². The molecule has 3 aromatic rings. The maximum absolute atomic E-state index is 13.2. The number of amides is 2. The minimum absolute atomic E-state index is 0.120. The fraction of sp³-hybridized carbons (Fsp3) is 0.143. The molecule has 7 nitrogen and oxygen atoms in total. The lowest BCUT2D eigenvalue weighted by Crippen LogP contribution is -2.35. The molecule has 0 atom stereocenters. The van der Waals surface area contributed by atoms with Crippen molar-refractivity contribution in [3.05, 3.63) is 66.0 Å². The average molecular weight is 394 g/mol. The second-order valence-electron chi connectivity index (χ2n) is 6.31. The third-order valence-electron chi connectivity index (χ3n) is 4.46. The molecule has 2 aromatic carbocycles. The number of pyridine rings is 1. The highest BCUT2D eigenvalue weighted by molar-refractivity contribution is 6.05. The number of hydrogen-bond donors (Lipinski definition) is 0. The maximum atomic E-state index is 13.2. The highest BCUT2D eigenvalue weighted by Crippen LogP contribution is 2.25. The normalized spacial score (nSPS) is 13.4. The Morgan fingerprint density at radius 1 is 1.14 bits per heavy atom. The molecule has 29 heavy (non-hydrogen) atoms. The van der Waals surface area contributed by atoms with Crippen molar-refractivity contribution in [1.29, 1.82) is 0 Å². The van der Waals surface area contributed by atoms with Crippen molar-refractivity contribution >= 4 is 28.9 Å². The molecule has 1 aromatic heterocycles. The van der Waals surface area contributed by atoms with Gasteiger partial charge in [-0.3, -0.25) is 4.79 Å². The van der Waals surface area contributed by atoms with E-state index in [0.29, 0.717) is 22.2 Å². The lowest BCUT2D eigenvalue weighted by atomic mass is 10.0. The molecule has 2 amide bonds. The van der Waals surface area contributed by atoms with Crippen LogP contribution in [0.15, 0.2) is 54.6 Å². The summed E-state index contributed by atoms with van der Waals surface area (Å²) >= 11 is 0. The molecule has 1 fully saturated rings. The number of hydrogen-bond acceptors (Lipinski definition) is 6. The van der Waals surface area contributed by atoms with E-state index < -0.39 is 24.6 Å². The topological polar surface area (TPSA) is 85.8 Å². The van der Waals surface area contributed by atoms with Gasteiger partial charge in [-0.05, 0) is 36.4 Å². The SMILES string of the molecule is O=C(OCC(=O)N1CCOC1=O)c1cc(-c2ccc(F)cc2)nc2ccccc12. The van der Waals surface area contributed by atoms with Gasteiger partial charge in [0.15, 0.2) is 6.61 Å². The molecule has 0 saturated carbocycles. The van der Waals surface area contributed by atoms with Gasteiger partial charge in [0.25, 0.3) is 5.91 Å². The van der Waals surface area contributed by atoms with Gasteiger partial charge in [-0.15, -0.1) is 0 Å². The Balaban J connectivity index is 1.63. The summed E-state index contributed by atoms with van der Waals surface area (Å²) in [5.74, 6) is -1.76. The second kappa shape index (κ2) is 7.67.